The minimum Gasteiger partial charge on any atom is -0.488 e. The first kappa shape index (κ1) is 28.4. The van der Waals surface area contributed by atoms with Crippen LogP contribution in [0.25, 0.3) is 33.0 Å². The monoisotopic (exact) mass is 546 g/mol. The molecular formula is C38H46OSi. The number of hydrogen-bond donors (Lipinski definition) is 0. The van der Waals surface area contributed by atoms with Crippen molar-refractivity contribution in [2.45, 2.75) is 83.8 Å². The first-order chi connectivity index (χ1) is 19.0. The second-order valence-electron chi connectivity index (χ2n) is 13.6. The van der Waals surface area contributed by atoms with E-state index in [-0.39, 0.29) is 10.8 Å². The standard InChI is InChI=1S/C38H46OSi/c1-10-21-39-35-28-16-14-13-15-25(28)17-19-29(35)32-23-27(38(7,8)9)24-33-31-22-26(37(4,5)6)18-20-30(31)36(34(32)33)40(11-2)12-3/h10,13-20,22-24,36,40H,1,11-12,21H2,2-9H3. The molecular weight excluding hydrogens is 501 g/mol. The summed E-state index contributed by atoms with van der Waals surface area (Å²) in [6, 6.07) is 28.1. The van der Waals surface area contributed by atoms with E-state index in [0.717, 1.165) is 5.75 Å². The lowest BCUT2D eigenvalue weighted by atomic mass is 9.81. The lowest BCUT2D eigenvalue weighted by Gasteiger charge is -2.28. The Labute approximate surface area is 243 Å². The van der Waals surface area contributed by atoms with Gasteiger partial charge in [-0.15, -0.1) is 0 Å². The van der Waals surface area contributed by atoms with E-state index in [1.54, 1.807) is 5.56 Å². The van der Waals surface area contributed by atoms with Gasteiger partial charge >= 0.3 is 0 Å². The largest absolute Gasteiger partial charge is 0.488 e. The molecule has 1 aliphatic rings. The van der Waals surface area contributed by atoms with Crippen LogP contribution in [0.1, 0.15) is 83.2 Å². The van der Waals surface area contributed by atoms with Crippen LogP contribution < -0.4 is 4.74 Å². The van der Waals surface area contributed by atoms with Gasteiger partial charge in [-0.2, -0.15) is 0 Å². The maximum Gasteiger partial charge on any atom is 0.135 e. The highest BCUT2D eigenvalue weighted by Gasteiger charge is 2.38. The van der Waals surface area contributed by atoms with Crippen LogP contribution in [0.4, 0.5) is 0 Å². The average Bonchev–Trinajstić information content (AvgIpc) is 3.25. The number of rotatable bonds is 7. The van der Waals surface area contributed by atoms with Crippen LogP contribution in [0, 0.1) is 0 Å². The van der Waals surface area contributed by atoms with Crippen LogP contribution in [0.5, 0.6) is 5.75 Å². The fraction of sp³-hybridized carbons (Fsp3) is 0.368. The highest BCUT2D eigenvalue weighted by Crippen LogP contribution is 2.54. The molecule has 1 unspecified atom stereocenters. The molecule has 0 heterocycles. The van der Waals surface area contributed by atoms with E-state index in [4.69, 9.17) is 4.74 Å². The zero-order valence-electron chi connectivity index (χ0n) is 25.8. The van der Waals surface area contributed by atoms with Crippen molar-refractivity contribution in [2.75, 3.05) is 6.61 Å². The molecule has 5 rings (SSSR count). The Hall–Kier alpha value is -3.10. The van der Waals surface area contributed by atoms with Crippen molar-refractivity contribution in [3.8, 4) is 28.0 Å². The Kier molecular flexibility index (Phi) is 7.61. The van der Waals surface area contributed by atoms with E-state index < -0.39 is 8.80 Å². The second-order valence-corrected chi connectivity index (χ2v) is 17.4. The molecule has 0 aromatic heterocycles. The molecule has 0 fully saturated rings. The van der Waals surface area contributed by atoms with E-state index >= 15 is 0 Å². The molecule has 0 amide bonds. The number of fused-ring (bicyclic) bond motifs is 4. The summed E-state index contributed by atoms with van der Waals surface area (Å²) in [6.07, 6.45) is 1.85. The molecule has 40 heavy (non-hydrogen) atoms. The Morgan fingerprint density at radius 2 is 1.38 bits per heavy atom. The van der Waals surface area contributed by atoms with Crippen LogP contribution in [-0.2, 0) is 10.8 Å². The zero-order chi connectivity index (χ0) is 28.8. The molecule has 1 nitrogen and oxygen atoms in total. The minimum absolute atomic E-state index is 0.0228. The summed E-state index contributed by atoms with van der Waals surface area (Å²) in [6.45, 7) is 23.3. The van der Waals surface area contributed by atoms with Gasteiger partial charge in [0.05, 0.1) is 0 Å². The van der Waals surface area contributed by atoms with Crippen molar-refractivity contribution < 1.29 is 4.74 Å². The minimum atomic E-state index is -1.13. The van der Waals surface area contributed by atoms with Crippen molar-refractivity contribution in [3.63, 3.8) is 0 Å². The highest BCUT2D eigenvalue weighted by atomic mass is 28.3. The first-order valence-electron chi connectivity index (χ1n) is 15.1. The number of ether oxygens (including phenoxy) is 1. The summed E-state index contributed by atoms with van der Waals surface area (Å²) < 4.78 is 6.52. The first-order valence-corrected chi connectivity index (χ1v) is 17.4. The van der Waals surface area contributed by atoms with Gasteiger partial charge in [0.25, 0.3) is 0 Å². The van der Waals surface area contributed by atoms with E-state index in [2.05, 4.69) is 129 Å². The summed E-state index contributed by atoms with van der Waals surface area (Å²) in [5.74, 6) is 0.975. The molecule has 1 aliphatic carbocycles. The zero-order valence-corrected chi connectivity index (χ0v) is 27.0. The summed E-state index contributed by atoms with van der Waals surface area (Å²) in [5.41, 5.74) is 11.9. The van der Waals surface area contributed by atoms with Gasteiger partial charge in [0.1, 0.15) is 12.4 Å². The van der Waals surface area contributed by atoms with E-state index in [1.807, 2.05) is 6.08 Å². The van der Waals surface area contributed by atoms with Gasteiger partial charge in [0, 0.05) is 25.3 Å². The van der Waals surface area contributed by atoms with Gasteiger partial charge in [-0.3, -0.25) is 0 Å². The van der Waals surface area contributed by atoms with Crippen molar-refractivity contribution in [1.29, 1.82) is 0 Å². The molecule has 0 bridgehead atoms. The van der Waals surface area contributed by atoms with Crippen molar-refractivity contribution in [2.24, 2.45) is 0 Å². The van der Waals surface area contributed by atoms with Gasteiger partial charge in [-0.25, -0.2) is 0 Å². The van der Waals surface area contributed by atoms with Crippen LogP contribution in [0.2, 0.25) is 12.1 Å². The molecule has 4 aromatic rings. The normalized spacial score (nSPS) is 14.9. The molecule has 4 aromatic carbocycles. The Balaban J connectivity index is 1.90. The maximum absolute atomic E-state index is 6.52. The van der Waals surface area contributed by atoms with Crippen molar-refractivity contribution >= 4 is 19.6 Å². The van der Waals surface area contributed by atoms with Gasteiger partial charge in [-0.05, 0) is 55.2 Å². The maximum atomic E-state index is 6.52. The Morgan fingerprint density at radius 1 is 0.750 bits per heavy atom. The van der Waals surface area contributed by atoms with Crippen LogP contribution in [0.3, 0.4) is 0 Å². The summed E-state index contributed by atoms with van der Waals surface area (Å²) in [7, 11) is -1.13. The molecule has 0 N–H and O–H groups in total. The summed E-state index contributed by atoms with van der Waals surface area (Å²) >= 11 is 0. The Morgan fingerprint density at radius 3 is 2.00 bits per heavy atom. The van der Waals surface area contributed by atoms with E-state index in [0.29, 0.717) is 12.1 Å². The lowest BCUT2D eigenvalue weighted by Crippen LogP contribution is -2.22. The van der Waals surface area contributed by atoms with Gasteiger partial charge in [0.2, 0.25) is 0 Å². The van der Waals surface area contributed by atoms with Gasteiger partial charge < -0.3 is 4.74 Å². The summed E-state index contributed by atoms with van der Waals surface area (Å²) in [5, 5.41) is 2.37. The van der Waals surface area contributed by atoms with Crippen LogP contribution in [0.15, 0.2) is 79.4 Å². The van der Waals surface area contributed by atoms with Crippen LogP contribution >= 0.6 is 0 Å². The average molecular weight is 547 g/mol. The van der Waals surface area contributed by atoms with E-state index in [1.165, 1.54) is 61.8 Å². The second kappa shape index (κ2) is 10.7. The fourth-order valence-electron chi connectivity index (χ4n) is 6.55. The molecule has 2 heteroatoms. The van der Waals surface area contributed by atoms with Gasteiger partial charge in [0.15, 0.2) is 0 Å². The highest BCUT2D eigenvalue weighted by molar-refractivity contribution is 6.61. The molecule has 1 atom stereocenters. The third-order valence-electron chi connectivity index (χ3n) is 8.94. The SMILES string of the molecule is C=CCOc1c(-c2cc(C(C)(C)C)cc3c2C([SiH](CC)CC)c2ccc(C(C)(C)C)cc2-3)ccc2ccccc12. The van der Waals surface area contributed by atoms with Gasteiger partial charge in [-0.1, -0.05) is 147 Å². The van der Waals surface area contributed by atoms with Crippen molar-refractivity contribution in [3.05, 3.63) is 102 Å². The summed E-state index contributed by atoms with van der Waals surface area (Å²) in [4.78, 5) is 0. The topological polar surface area (TPSA) is 9.23 Å². The molecule has 0 spiro atoms. The Bertz CT molecular complexity index is 1560. The van der Waals surface area contributed by atoms with E-state index in [9.17, 15) is 0 Å². The molecule has 0 aliphatic heterocycles. The molecule has 0 saturated carbocycles. The fourth-order valence-corrected chi connectivity index (χ4v) is 9.70. The number of hydrogen-bond acceptors (Lipinski definition) is 1. The smallest absolute Gasteiger partial charge is 0.135 e. The molecule has 208 valence electrons. The number of benzene rings is 4. The van der Waals surface area contributed by atoms with Crippen LogP contribution in [-0.4, -0.2) is 15.4 Å². The third kappa shape index (κ3) is 4.96. The predicted molar refractivity (Wildman–Crippen MR) is 178 cm³/mol. The third-order valence-corrected chi connectivity index (χ3v) is 12.7. The lowest BCUT2D eigenvalue weighted by molar-refractivity contribution is 0.369. The molecule has 0 saturated heterocycles. The quantitative estimate of drug-likeness (QED) is 0.165. The van der Waals surface area contributed by atoms with Crippen molar-refractivity contribution in [1.82, 2.24) is 0 Å². The molecule has 0 radical (unpaired) electrons. The predicted octanol–water partition coefficient (Wildman–Crippen LogP) is 10.6.